The van der Waals surface area contributed by atoms with Crippen molar-refractivity contribution in [2.45, 2.75) is 46.6 Å². The second kappa shape index (κ2) is 9.20. The molecular formula is C19H28N4O2. The average molecular weight is 344 g/mol. The van der Waals surface area contributed by atoms with Crippen LogP contribution in [0.5, 0.6) is 0 Å². The Morgan fingerprint density at radius 3 is 2.52 bits per heavy atom. The lowest BCUT2D eigenvalue weighted by atomic mass is 10.1. The molecule has 6 nitrogen and oxygen atoms in total. The normalized spacial score (nSPS) is 15.5. The molecule has 1 saturated heterocycles. The molecule has 2 N–H and O–H groups in total. The third kappa shape index (κ3) is 5.59. The van der Waals surface area contributed by atoms with Crippen molar-refractivity contribution in [3.8, 4) is 0 Å². The third-order valence-corrected chi connectivity index (χ3v) is 4.26. The minimum atomic E-state index is -0.0738. The van der Waals surface area contributed by atoms with Gasteiger partial charge in [-0.15, -0.1) is 0 Å². The summed E-state index contributed by atoms with van der Waals surface area (Å²) < 4.78 is 0. The molecule has 0 aromatic heterocycles. The molecule has 0 bridgehead atoms. The van der Waals surface area contributed by atoms with Gasteiger partial charge in [0.2, 0.25) is 11.8 Å². The van der Waals surface area contributed by atoms with E-state index in [1.807, 2.05) is 6.92 Å². The molecule has 1 aromatic rings. The summed E-state index contributed by atoms with van der Waals surface area (Å²) in [4.78, 5) is 29.6. The number of nitrogens with one attached hydrogen (secondary N) is 2. The minimum absolute atomic E-state index is 0.0738. The van der Waals surface area contributed by atoms with Crippen molar-refractivity contribution in [3.05, 3.63) is 34.9 Å². The number of rotatable bonds is 6. The number of carbonyl (C=O) groups excluding carboxylic acids is 2. The first kappa shape index (κ1) is 19.0. The number of amides is 2. The lowest BCUT2D eigenvalue weighted by molar-refractivity contribution is -0.147. The van der Waals surface area contributed by atoms with Crippen molar-refractivity contribution >= 4 is 17.8 Å². The predicted octanol–water partition coefficient (Wildman–Crippen LogP) is 1.90. The number of nitrogens with zero attached hydrogens (tertiary/aromatic N) is 2. The summed E-state index contributed by atoms with van der Waals surface area (Å²) >= 11 is 0. The summed E-state index contributed by atoms with van der Waals surface area (Å²) in [6.45, 7) is 8.39. The van der Waals surface area contributed by atoms with Gasteiger partial charge in [-0.05, 0) is 38.3 Å². The van der Waals surface area contributed by atoms with Gasteiger partial charge >= 0.3 is 0 Å². The van der Waals surface area contributed by atoms with E-state index in [4.69, 9.17) is 0 Å². The maximum absolute atomic E-state index is 11.8. The number of likely N-dealkylation sites (tertiary alicyclic amines) is 1. The molecule has 0 unspecified atom stereocenters. The van der Waals surface area contributed by atoms with Crippen molar-refractivity contribution in [2.75, 3.05) is 19.6 Å². The van der Waals surface area contributed by atoms with E-state index >= 15 is 0 Å². The molecule has 2 amide bonds. The van der Waals surface area contributed by atoms with Gasteiger partial charge in [-0.1, -0.05) is 23.8 Å². The molecule has 6 heteroatoms. The minimum Gasteiger partial charge on any atom is -0.357 e. The molecule has 1 aliphatic rings. The van der Waals surface area contributed by atoms with Crippen LogP contribution in [0.25, 0.3) is 0 Å². The molecule has 0 atom stereocenters. The predicted molar refractivity (Wildman–Crippen MR) is 99.3 cm³/mol. The summed E-state index contributed by atoms with van der Waals surface area (Å²) in [5.74, 6) is 0.546. The summed E-state index contributed by atoms with van der Waals surface area (Å²) in [7, 11) is 0. The van der Waals surface area contributed by atoms with Crippen LogP contribution in [-0.2, 0) is 16.1 Å². The van der Waals surface area contributed by atoms with Crippen LogP contribution in [0.3, 0.4) is 0 Å². The fraction of sp³-hybridized carbons (Fsp3) is 0.526. The average Bonchev–Trinajstić information content (AvgIpc) is 2.56. The second-order valence-corrected chi connectivity index (χ2v) is 6.34. The lowest BCUT2D eigenvalue weighted by Crippen LogP contribution is -2.46. The maximum Gasteiger partial charge on any atom is 0.229 e. The Hall–Kier alpha value is -2.37. The molecule has 0 saturated carbocycles. The van der Waals surface area contributed by atoms with Crippen molar-refractivity contribution in [3.63, 3.8) is 0 Å². The molecule has 1 aromatic carbocycles. The van der Waals surface area contributed by atoms with Crippen LogP contribution in [0, 0.1) is 13.8 Å². The van der Waals surface area contributed by atoms with Gasteiger partial charge in [0.25, 0.3) is 0 Å². The monoisotopic (exact) mass is 344 g/mol. The van der Waals surface area contributed by atoms with Gasteiger partial charge in [-0.25, -0.2) is 4.99 Å². The molecule has 0 aliphatic carbocycles. The first-order valence-electron chi connectivity index (χ1n) is 8.92. The highest BCUT2D eigenvalue weighted by atomic mass is 16.2. The zero-order valence-electron chi connectivity index (χ0n) is 15.4. The van der Waals surface area contributed by atoms with Crippen LogP contribution >= 0.6 is 0 Å². The van der Waals surface area contributed by atoms with Crippen LogP contribution in [0.15, 0.2) is 23.2 Å². The number of hydrogen-bond donors (Lipinski definition) is 2. The fourth-order valence-corrected chi connectivity index (χ4v) is 2.86. The highest BCUT2D eigenvalue weighted by Gasteiger charge is 2.25. The first-order valence-corrected chi connectivity index (χ1v) is 8.92. The SMILES string of the molecule is CCNC(=NCc1ccc(C)cc1C)NCCN1C(=O)CCCC1=O. The number of piperidine rings is 1. The number of aryl methyl sites for hydroxylation is 2. The number of benzene rings is 1. The van der Waals surface area contributed by atoms with Gasteiger partial charge < -0.3 is 10.6 Å². The van der Waals surface area contributed by atoms with Crippen LogP contribution in [0.1, 0.15) is 42.9 Å². The van der Waals surface area contributed by atoms with Gasteiger partial charge in [0.1, 0.15) is 0 Å². The zero-order chi connectivity index (χ0) is 18.2. The van der Waals surface area contributed by atoms with E-state index in [-0.39, 0.29) is 11.8 Å². The highest BCUT2D eigenvalue weighted by Crippen LogP contribution is 2.12. The quantitative estimate of drug-likeness (QED) is 0.470. The largest absolute Gasteiger partial charge is 0.357 e. The molecular weight excluding hydrogens is 316 g/mol. The molecule has 1 aliphatic heterocycles. The Morgan fingerprint density at radius 1 is 1.16 bits per heavy atom. The van der Waals surface area contributed by atoms with Gasteiger partial charge in [0.05, 0.1) is 6.54 Å². The number of carbonyl (C=O) groups is 2. The Balaban J connectivity index is 1.91. The van der Waals surface area contributed by atoms with Crippen molar-refractivity contribution < 1.29 is 9.59 Å². The topological polar surface area (TPSA) is 73.8 Å². The Morgan fingerprint density at radius 2 is 1.88 bits per heavy atom. The lowest BCUT2D eigenvalue weighted by Gasteiger charge is -2.25. The smallest absolute Gasteiger partial charge is 0.229 e. The van der Waals surface area contributed by atoms with E-state index in [0.29, 0.717) is 44.9 Å². The van der Waals surface area contributed by atoms with Crippen molar-refractivity contribution in [1.29, 1.82) is 0 Å². The maximum atomic E-state index is 11.8. The van der Waals surface area contributed by atoms with E-state index in [1.165, 1.54) is 21.6 Å². The molecule has 2 rings (SSSR count). The summed E-state index contributed by atoms with van der Waals surface area (Å²) in [5, 5.41) is 6.40. The molecule has 136 valence electrons. The summed E-state index contributed by atoms with van der Waals surface area (Å²) in [6.07, 6.45) is 1.60. The molecule has 0 radical (unpaired) electrons. The molecule has 1 heterocycles. The van der Waals surface area contributed by atoms with Gasteiger partial charge in [0, 0.05) is 32.5 Å². The van der Waals surface area contributed by atoms with Gasteiger partial charge in [0.15, 0.2) is 5.96 Å². The van der Waals surface area contributed by atoms with E-state index in [9.17, 15) is 9.59 Å². The molecule has 0 spiro atoms. The van der Waals surface area contributed by atoms with Gasteiger partial charge in [-0.2, -0.15) is 0 Å². The van der Waals surface area contributed by atoms with E-state index < -0.39 is 0 Å². The molecule has 25 heavy (non-hydrogen) atoms. The van der Waals surface area contributed by atoms with Gasteiger partial charge in [-0.3, -0.25) is 14.5 Å². The van der Waals surface area contributed by atoms with E-state index in [0.717, 1.165) is 6.54 Å². The number of hydrogen-bond acceptors (Lipinski definition) is 3. The Kier molecular flexibility index (Phi) is 6.98. The van der Waals surface area contributed by atoms with Crippen molar-refractivity contribution in [2.24, 2.45) is 4.99 Å². The number of imide groups is 1. The fourth-order valence-electron chi connectivity index (χ4n) is 2.86. The number of guanidine groups is 1. The molecule has 1 fully saturated rings. The van der Waals surface area contributed by atoms with E-state index in [2.05, 4.69) is 47.7 Å². The Labute approximate surface area is 149 Å². The number of aliphatic imine (C=N–C) groups is 1. The second-order valence-electron chi connectivity index (χ2n) is 6.34. The Bertz CT molecular complexity index is 639. The summed E-state index contributed by atoms with van der Waals surface area (Å²) in [5.41, 5.74) is 3.65. The summed E-state index contributed by atoms with van der Waals surface area (Å²) in [6, 6.07) is 6.34. The standard InChI is InChI=1S/C19H28N4O2/c1-4-20-19(22-13-16-9-8-14(2)12-15(16)3)21-10-11-23-17(24)6-5-7-18(23)25/h8-9,12H,4-7,10-11,13H2,1-3H3,(H2,20,21,22). The highest BCUT2D eigenvalue weighted by molar-refractivity contribution is 5.97. The first-order chi connectivity index (χ1) is 12.0. The van der Waals surface area contributed by atoms with Crippen LogP contribution in [-0.4, -0.2) is 42.3 Å². The van der Waals surface area contributed by atoms with Crippen LogP contribution < -0.4 is 10.6 Å². The van der Waals surface area contributed by atoms with E-state index in [1.54, 1.807) is 0 Å². The third-order valence-electron chi connectivity index (χ3n) is 4.26. The van der Waals surface area contributed by atoms with Crippen LogP contribution in [0.2, 0.25) is 0 Å². The van der Waals surface area contributed by atoms with Crippen molar-refractivity contribution in [1.82, 2.24) is 15.5 Å². The van der Waals surface area contributed by atoms with Crippen LogP contribution in [0.4, 0.5) is 0 Å². The zero-order valence-corrected chi connectivity index (χ0v) is 15.4.